The van der Waals surface area contributed by atoms with Gasteiger partial charge in [-0.25, -0.2) is 14.0 Å². The summed E-state index contributed by atoms with van der Waals surface area (Å²) in [6.07, 6.45) is 4.85. The number of nitrogen functional groups attached to an aromatic ring is 1. The number of aromatic nitrogens is 1. The van der Waals surface area contributed by atoms with Crippen LogP contribution in [0.2, 0.25) is 0 Å². The zero-order valence-electron chi connectivity index (χ0n) is 18.0. The fourth-order valence-electron chi connectivity index (χ4n) is 2.63. The number of nitrogens with zero attached hydrogens (tertiary/aromatic N) is 1. The standard InChI is InChI=1S/C22H27FN4O4/c1-22(2,3)31-20(28)26-11-6-5-7-15-13-14(10-12-25-15)16-8-9-17(18(23)19(16)24)27-21(29)30-4/h6,8-13H,5,7,24H2,1-4H3,(H,26,28)(H,27,29). The van der Waals surface area contributed by atoms with Crippen molar-refractivity contribution < 1.29 is 23.5 Å². The van der Waals surface area contributed by atoms with Gasteiger partial charge in [-0.2, -0.15) is 0 Å². The summed E-state index contributed by atoms with van der Waals surface area (Å²) in [6.45, 7) is 5.37. The SMILES string of the molecule is COC(=O)Nc1ccc(-c2ccnc(CCC=CNC(=O)OC(C)(C)C)c2)c(N)c1F. The van der Waals surface area contributed by atoms with Gasteiger partial charge in [0.15, 0.2) is 5.82 Å². The molecule has 0 spiro atoms. The van der Waals surface area contributed by atoms with Crippen molar-refractivity contribution in [2.24, 2.45) is 0 Å². The van der Waals surface area contributed by atoms with Crippen LogP contribution in [0.4, 0.5) is 25.4 Å². The number of nitrogens with two attached hydrogens (primary N) is 1. The number of hydrogen-bond acceptors (Lipinski definition) is 6. The molecule has 9 heteroatoms. The number of carbonyl (C=O) groups excluding carboxylic acids is 2. The molecule has 0 saturated heterocycles. The lowest BCUT2D eigenvalue weighted by atomic mass is 10.0. The largest absolute Gasteiger partial charge is 0.453 e. The average molecular weight is 430 g/mol. The molecule has 0 unspecified atom stereocenters. The molecule has 2 amide bonds. The van der Waals surface area contributed by atoms with Crippen molar-refractivity contribution in [1.82, 2.24) is 10.3 Å². The van der Waals surface area contributed by atoms with Gasteiger partial charge in [-0.15, -0.1) is 0 Å². The van der Waals surface area contributed by atoms with Gasteiger partial charge in [0.25, 0.3) is 0 Å². The number of rotatable bonds is 6. The maximum Gasteiger partial charge on any atom is 0.411 e. The first kappa shape index (κ1) is 23.7. The maximum atomic E-state index is 14.5. The Labute approximate surface area is 180 Å². The number of methoxy groups -OCH3 is 1. The molecule has 0 saturated carbocycles. The first-order chi connectivity index (χ1) is 14.6. The third-order valence-electron chi connectivity index (χ3n) is 4.01. The smallest absolute Gasteiger partial charge is 0.411 e. The summed E-state index contributed by atoms with van der Waals surface area (Å²) in [6, 6.07) is 6.58. The first-order valence-electron chi connectivity index (χ1n) is 9.63. The lowest BCUT2D eigenvalue weighted by Crippen LogP contribution is -2.29. The van der Waals surface area contributed by atoms with Crippen LogP contribution in [0.3, 0.4) is 0 Å². The number of halogens is 1. The molecular formula is C22H27FN4O4. The van der Waals surface area contributed by atoms with Crippen molar-refractivity contribution in [3.05, 3.63) is 54.2 Å². The van der Waals surface area contributed by atoms with Gasteiger partial charge < -0.3 is 15.2 Å². The van der Waals surface area contributed by atoms with Gasteiger partial charge in [-0.05, 0) is 57.4 Å². The molecule has 1 heterocycles. The summed E-state index contributed by atoms with van der Waals surface area (Å²) in [5.74, 6) is -0.739. The molecule has 0 bridgehead atoms. The van der Waals surface area contributed by atoms with Crippen LogP contribution >= 0.6 is 0 Å². The van der Waals surface area contributed by atoms with Crippen molar-refractivity contribution in [2.75, 3.05) is 18.2 Å². The Morgan fingerprint density at radius 3 is 2.65 bits per heavy atom. The zero-order chi connectivity index (χ0) is 23.0. The fraction of sp³-hybridized carbons (Fsp3) is 0.318. The second-order valence-electron chi connectivity index (χ2n) is 7.63. The summed E-state index contributed by atoms with van der Waals surface area (Å²) >= 11 is 0. The summed E-state index contributed by atoms with van der Waals surface area (Å²) in [4.78, 5) is 27.2. The normalized spacial score (nSPS) is 11.3. The molecule has 0 aliphatic heterocycles. The van der Waals surface area contributed by atoms with E-state index in [1.807, 2.05) is 6.07 Å². The van der Waals surface area contributed by atoms with Crippen molar-refractivity contribution in [1.29, 1.82) is 0 Å². The van der Waals surface area contributed by atoms with Crippen LogP contribution in [0.1, 0.15) is 32.9 Å². The highest BCUT2D eigenvalue weighted by atomic mass is 19.1. The van der Waals surface area contributed by atoms with E-state index in [0.29, 0.717) is 24.0 Å². The number of carbonyl (C=O) groups is 2. The van der Waals surface area contributed by atoms with E-state index in [9.17, 15) is 14.0 Å². The number of ether oxygens (including phenoxy) is 2. The average Bonchev–Trinajstić information content (AvgIpc) is 2.70. The van der Waals surface area contributed by atoms with Crippen LogP contribution < -0.4 is 16.4 Å². The number of amides is 2. The van der Waals surface area contributed by atoms with Crippen molar-refractivity contribution in [3.63, 3.8) is 0 Å². The summed E-state index contributed by atoms with van der Waals surface area (Å²) in [5.41, 5.74) is 7.19. The molecule has 166 valence electrons. The Balaban J connectivity index is 2.02. The van der Waals surface area contributed by atoms with Gasteiger partial charge in [-0.1, -0.05) is 12.1 Å². The van der Waals surface area contributed by atoms with Crippen LogP contribution in [0.25, 0.3) is 11.1 Å². The highest BCUT2D eigenvalue weighted by Crippen LogP contribution is 2.32. The third-order valence-corrected chi connectivity index (χ3v) is 4.01. The third kappa shape index (κ3) is 7.29. The number of pyridine rings is 1. The van der Waals surface area contributed by atoms with Crippen LogP contribution in [0, 0.1) is 5.82 Å². The highest BCUT2D eigenvalue weighted by Gasteiger charge is 2.15. The first-order valence-corrected chi connectivity index (χ1v) is 9.63. The monoisotopic (exact) mass is 430 g/mol. The van der Waals surface area contributed by atoms with Gasteiger partial charge in [0, 0.05) is 23.7 Å². The zero-order valence-corrected chi connectivity index (χ0v) is 18.0. The van der Waals surface area contributed by atoms with E-state index in [4.69, 9.17) is 10.5 Å². The van der Waals surface area contributed by atoms with Gasteiger partial charge in [-0.3, -0.25) is 15.6 Å². The fourth-order valence-corrected chi connectivity index (χ4v) is 2.63. The molecule has 0 aliphatic carbocycles. The number of alkyl carbamates (subject to hydrolysis) is 1. The van der Waals surface area contributed by atoms with Crippen LogP contribution in [0.5, 0.6) is 0 Å². The molecule has 0 aliphatic rings. The number of aryl methyl sites for hydroxylation is 1. The molecule has 4 N–H and O–H groups in total. The maximum absolute atomic E-state index is 14.5. The lowest BCUT2D eigenvalue weighted by molar-refractivity contribution is 0.0552. The van der Waals surface area contributed by atoms with Gasteiger partial charge in [0.05, 0.1) is 18.5 Å². The van der Waals surface area contributed by atoms with Gasteiger partial charge in [0.1, 0.15) is 5.60 Å². The van der Waals surface area contributed by atoms with Crippen LogP contribution in [-0.4, -0.2) is 29.9 Å². The van der Waals surface area contributed by atoms with E-state index < -0.39 is 23.6 Å². The van der Waals surface area contributed by atoms with E-state index in [1.54, 1.807) is 45.2 Å². The van der Waals surface area contributed by atoms with Gasteiger partial charge >= 0.3 is 12.2 Å². The minimum absolute atomic E-state index is 0.0648. The number of benzene rings is 1. The van der Waals surface area contributed by atoms with E-state index in [1.165, 1.54) is 19.4 Å². The molecule has 8 nitrogen and oxygen atoms in total. The molecule has 0 atom stereocenters. The van der Waals surface area contributed by atoms with Crippen molar-refractivity contribution >= 4 is 23.6 Å². The number of hydrogen-bond donors (Lipinski definition) is 3. The minimum atomic E-state index is -0.786. The Morgan fingerprint density at radius 2 is 1.97 bits per heavy atom. The molecule has 0 fully saturated rings. The summed E-state index contributed by atoms with van der Waals surface area (Å²) in [7, 11) is 1.19. The Kier molecular flexibility index (Phi) is 7.95. The topological polar surface area (TPSA) is 116 Å². The summed E-state index contributed by atoms with van der Waals surface area (Å²) in [5, 5.41) is 4.82. The number of anilines is 2. The molecule has 0 radical (unpaired) electrons. The number of allylic oxidation sites excluding steroid dienone is 1. The van der Waals surface area contributed by atoms with Crippen LogP contribution in [0.15, 0.2) is 42.7 Å². The Hall–Kier alpha value is -3.62. The summed E-state index contributed by atoms with van der Waals surface area (Å²) < 4.78 is 24.1. The number of nitrogens with one attached hydrogen (secondary N) is 2. The van der Waals surface area contributed by atoms with E-state index in [0.717, 1.165) is 5.69 Å². The molecule has 1 aromatic carbocycles. The molecule has 1 aromatic heterocycles. The van der Waals surface area contributed by atoms with Crippen LogP contribution in [-0.2, 0) is 15.9 Å². The molecular weight excluding hydrogens is 403 g/mol. The molecule has 31 heavy (non-hydrogen) atoms. The lowest BCUT2D eigenvalue weighted by Gasteiger charge is -2.18. The Morgan fingerprint density at radius 1 is 1.23 bits per heavy atom. The predicted molar refractivity (Wildman–Crippen MR) is 117 cm³/mol. The van der Waals surface area contributed by atoms with Gasteiger partial charge in [0.2, 0.25) is 0 Å². The second-order valence-corrected chi connectivity index (χ2v) is 7.63. The van der Waals surface area contributed by atoms with Crippen molar-refractivity contribution in [3.8, 4) is 11.1 Å². The van der Waals surface area contributed by atoms with E-state index >= 15 is 0 Å². The van der Waals surface area contributed by atoms with E-state index in [-0.39, 0.29) is 11.4 Å². The molecule has 2 aromatic rings. The second kappa shape index (κ2) is 10.4. The minimum Gasteiger partial charge on any atom is -0.453 e. The predicted octanol–water partition coefficient (Wildman–Crippen LogP) is 4.62. The molecule has 2 rings (SSSR count). The van der Waals surface area contributed by atoms with E-state index in [2.05, 4.69) is 20.4 Å². The highest BCUT2D eigenvalue weighted by molar-refractivity contribution is 5.88. The van der Waals surface area contributed by atoms with Crippen molar-refractivity contribution in [2.45, 2.75) is 39.2 Å². The Bertz CT molecular complexity index is 970. The quantitative estimate of drug-likeness (QED) is 0.576.